The van der Waals surface area contributed by atoms with Gasteiger partial charge in [0, 0.05) is 43.4 Å². The fourth-order valence-electron chi connectivity index (χ4n) is 2.95. The highest BCUT2D eigenvalue weighted by molar-refractivity contribution is 5.94. The van der Waals surface area contributed by atoms with Crippen molar-refractivity contribution in [3.8, 4) is 0 Å². The number of pyridine rings is 2. The average Bonchev–Trinajstić information content (AvgIpc) is 2.56. The molecule has 0 aliphatic carbocycles. The Kier molecular flexibility index (Phi) is 4.24. The molecule has 1 fully saturated rings. The molecule has 2 aromatic rings. The Hall–Kier alpha value is -2.23. The van der Waals surface area contributed by atoms with Crippen LogP contribution in [0.25, 0.3) is 0 Å². The van der Waals surface area contributed by atoms with Gasteiger partial charge in [0.15, 0.2) is 0 Å². The second-order valence-electron chi connectivity index (χ2n) is 5.56. The van der Waals surface area contributed by atoms with Gasteiger partial charge in [-0.25, -0.2) is 0 Å². The fourth-order valence-corrected chi connectivity index (χ4v) is 2.95. The van der Waals surface area contributed by atoms with Crippen molar-refractivity contribution in [3.05, 3.63) is 60.2 Å². The van der Waals surface area contributed by atoms with Crippen LogP contribution in [0.4, 0.5) is 0 Å². The molecule has 1 saturated heterocycles. The Morgan fingerprint density at radius 2 is 2.05 bits per heavy atom. The summed E-state index contributed by atoms with van der Waals surface area (Å²) in [5, 5.41) is 0. The van der Waals surface area contributed by atoms with Gasteiger partial charge in [-0.15, -0.1) is 0 Å². The van der Waals surface area contributed by atoms with Gasteiger partial charge in [0.05, 0.1) is 0 Å². The molecule has 21 heavy (non-hydrogen) atoms. The molecular formula is C17H19N3O. The Morgan fingerprint density at radius 3 is 2.81 bits per heavy atom. The van der Waals surface area contributed by atoms with Crippen molar-refractivity contribution in [2.45, 2.75) is 19.3 Å². The summed E-state index contributed by atoms with van der Waals surface area (Å²) in [6.45, 7) is 1.68. The first-order chi connectivity index (χ1) is 10.3. The summed E-state index contributed by atoms with van der Waals surface area (Å²) < 4.78 is 0. The first-order valence-electron chi connectivity index (χ1n) is 7.41. The van der Waals surface area contributed by atoms with E-state index in [1.165, 1.54) is 12.0 Å². The van der Waals surface area contributed by atoms with E-state index in [-0.39, 0.29) is 5.91 Å². The lowest BCUT2D eigenvalue weighted by atomic mass is 9.91. The highest BCUT2D eigenvalue weighted by Gasteiger charge is 2.24. The molecule has 1 aliphatic rings. The van der Waals surface area contributed by atoms with E-state index in [1.807, 2.05) is 17.2 Å². The number of rotatable bonds is 3. The molecule has 0 aromatic carbocycles. The number of carbonyl (C=O) groups is 1. The average molecular weight is 281 g/mol. The number of hydrogen-bond acceptors (Lipinski definition) is 3. The molecule has 108 valence electrons. The molecule has 1 atom stereocenters. The maximum Gasteiger partial charge on any atom is 0.253 e. The Bertz CT molecular complexity index is 585. The minimum atomic E-state index is 0.119. The first-order valence-corrected chi connectivity index (χ1v) is 7.41. The van der Waals surface area contributed by atoms with Crippen molar-refractivity contribution in [1.82, 2.24) is 14.9 Å². The third kappa shape index (κ3) is 3.45. The topological polar surface area (TPSA) is 46.1 Å². The van der Waals surface area contributed by atoms with Crippen LogP contribution in [0.2, 0.25) is 0 Å². The highest BCUT2D eigenvalue weighted by atomic mass is 16.2. The van der Waals surface area contributed by atoms with Crippen molar-refractivity contribution in [2.75, 3.05) is 13.1 Å². The molecule has 0 spiro atoms. The van der Waals surface area contributed by atoms with Gasteiger partial charge < -0.3 is 4.90 Å². The maximum absolute atomic E-state index is 12.5. The van der Waals surface area contributed by atoms with Gasteiger partial charge >= 0.3 is 0 Å². The van der Waals surface area contributed by atoms with E-state index in [9.17, 15) is 4.79 Å². The van der Waals surface area contributed by atoms with Gasteiger partial charge in [-0.1, -0.05) is 6.07 Å². The van der Waals surface area contributed by atoms with Crippen LogP contribution in [0, 0.1) is 5.92 Å². The standard InChI is InChI=1S/C17H19N3O/c21-17(16-5-8-18-9-6-16)20-10-2-4-15(13-20)11-14-3-1-7-19-12-14/h1,3,5-9,12,15H,2,4,10-11,13H2/t15-/m0/s1. The van der Waals surface area contributed by atoms with Crippen LogP contribution >= 0.6 is 0 Å². The second kappa shape index (κ2) is 6.48. The Morgan fingerprint density at radius 1 is 1.19 bits per heavy atom. The van der Waals surface area contributed by atoms with Gasteiger partial charge in [-0.05, 0) is 48.9 Å². The molecule has 0 radical (unpaired) electrons. The van der Waals surface area contributed by atoms with E-state index >= 15 is 0 Å². The van der Waals surface area contributed by atoms with Crippen molar-refractivity contribution in [1.29, 1.82) is 0 Å². The van der Waals surface area contributed by atoms with Crippen LogP contribution in [0.5, 0.6) is 0 Å². The second-order valence-corrected chi connectivity index (χ2v) is 5.56. The molecule has 3 rings (SSSR count). The van der Waals surface area contributed by atoms with Crippen LogP contribution in [0.1, 0.15) is 28.8 Å². The number of nitrogens with zero attached hydrogens (tertiary/aromatic N) is 3. The van der Waals surface area contributed by atoms with Crippen LogP contribution in [-0.4, -0.2) is 33.9 Å². The van der Waals surface area contributed by atoms with Crippen molar-refractivity contribution in [3.63, 3.8) is 0 Å². The summed E-state index contributed by atoms with van der Waals surface area (Å²) in [7, 11) is 0. The van der Waals surface area contributed by atoms with E-state index in [2.05, 4.69) is 16.0 Å². The number of carbonyl (C=O) groups excluding carboxylic acids is 1. The summed E-state index contributed by atoms with van der Waals surface area (Å²) in [6, 6.07) is 7.65. The minimum Gasteiger partial charge on any atom is -0.338 e. The molecule has 0 saturated carbocycles. The van der Waals surface area contributed by atoms with Gasteiger partial charge in [-0.2, -0.15) is 0 Å². The van der Waals surface area contributed by atoms with E-state index in [0.29, 0.717) is 5.92 Å². The summed E-state index contributed by atoms with van der Waals surface area (Å²) in [6.07, 6.45) is 10.3. The number of amides is 1. The van der Waals surface area contributed by atoms with Crippen LogP contribution < -0.4 is 0 Å². The number of likely N-dealkylation sites (tertiary alicyclic amines) is 1. The van der Waals surface area contributed by atoms with Gasteiger partial charge in [0.2, 0.25) is 0 Å². The van der Waals surface area contributed by atoms with Crippen LogP contribution in [0.3, 0.4) is 0 Å². The lowest BCUT2D eigenvalue weighted by molar-refractivity contribution is 0.0673. The molecule has 1 amide bonds. The van der Waals surface area contributed by atoms with E-state index in [4.69, 9.17) is 0 Å². The number of piperidine rings is 1. The third-order valence-electron chi connectivity index (χ3n) is 3.98. The zero-order valence-electron chi connectivity index (χ0n) is 12.0. The molecule has 0 unspecified atom stereocenters. The zero-order chi connectivity index (χ0) is 14.5. The minimum absolute atomic E-state index is 0.119. The molecule has 4 nitrogen and oxygen atoms in total. The molecule has 0 bridgehead atoms. The predicted molar refractivity (Wildman–Crippen MR) is 80.8 cm³/mol. The largest absolute Gasteiger partial charge is 0.338 e. The third-order valence-corrected chi connectivity index (χ3v) is 3.98. The zero-order valence-corrected chi connectivity index (χ0v) is 12.0. The van der Waals surface area contributed by atoms with E-state index in [0.717, 1.165) is 31.5 Å². The lowest BCUT2D eigenvalue weighted by Gasteiger charge is -2.33. The van der Waals surface area contributed by atoms with Crippen molar-refractivity contribution < 1.29 is 4.79 Å². The van der Waals surface area contributed by atoms with Gasteiger partial charge in [-0.3, -0.25) is 14.8 Å². The fraction of sp³-hybridized carbons (Fsp3) is 0.353. The Balaban J connectivity index is 1.64. The normalized spacial score (nSPS) is 18.5. The quantitative estimate of drug-likeness (QED) is 0.868. The summed E-state index contributed by atoms with van der Waals surface area (Å²) >= 11 is 0. The Labute approximate surface area is 124 Å². The molecule has 0 N–H and O–H groups in total. The smallest absolute Gasteiger partial charge is 0.253 e. The van der Waals surface area contributed by atoms with Gasteiger partial charge in [0.1, 0.15) is 0 Å². The molecular weight excluding hydrogens is 262 g/mol. The SMILES string of the molecule is O=C(c1ccncc1)N1CCC[C@@H](Cc2cccnc2)C1. The first kappa shape index (κ1) is 13.7. The summed E-state index contributed by atoms with van der Waals surface area (Å²) in [5.41, 5.74) is 1.98. The van der Waals surface area contributed by atoms with E-state index < -0.39 is 0 Å². The molecule has 3 heterocycles. The van der Waals surface area contributed by atoms with E-state index in [1.54, 1.807) is 30.7 Å². The molecule has 2 aromatic heterocycles. The number of hydrogen-bond donors (Lipinski definition) is 0. The van der Waals surface area contributed by atoms with Gasteiger partial charge in [0.25, 0.3) is 5.91 Å². The van der Waals surface area contributed by atoms with Crippen LogP contribution in [0.15, 0.2) is 49.1 Å². The predicted octanol–water partition coefficient (Wildman–Crippen LogP) is 2.57. The summed E-state index contributed by atoms with van der Waals surface area (Å²) in [5.74, 6) is 0.641. The molecule has 1 aliphatic heterocycles. The van der Waals surface area contributed by atoms with Crippen LogP contribution in [-0.2, 0) is 6.42 Å². The van der Waals surface area contributed by atoms with Crippen molar-refractivity contribution >= 4 is 5.91 Å². The van der Waals surface area contributed by atoms with Crippen molar-refractivity contribution in [2.24, 2.45) is 5.92 Å². The highest BCUT2D eigenvalue weighted by Crippen LogP contribution is 2.21. The molecule has 4 heteroatoms. The number of aromatic nitrogens is 2. The monoisotopic (exact) mass is 281 g/mol. The summed E-state index contributed by atoms with van der Waals surface area (Å²) in [4.78, 5) is 22.6. The lowest BCUT2D eigenvalue weighted by Crippen LogP contribution is -2.40. The maximum atomic E-state index is 12.5.